The largest absolute Gasteiger partial charge is 0.497 e. The molecule has 1 aromatic carbocycles. The second kappa shape index (κ2) is 7.63. The first-order chi connectivity index (χ1) is 9.12. The fourth-order valence-electron chi connectivity index (χ4n) is 1.61. The van der Waals surface area contributed by atoms with Crippen molar-refractivity contribution in [3.63, 3.8) is 0 Å². The van der Waals surface area contributed by atoms with Gasteiger partial charge in [0.05, 0.1) is 25.9 Å². The third kappa shape index (κ3) is 4.44. The molecule has 0 spiro atoms. The first-order valence-electron chi connectivity index (χ1n) is 6.38. The second-order valence-electron chi connectivity index (χ2n) is 4.23. The molecule has 1 unspecified atom stereocenters. The molecular weight excluding hydrogens is 244 g/mol. The van der Waals surface area contributed by atoms with Gasteiger partial charge in [0.25, 0.3) is 0 Å². The average molecular weight is 266 g/mol. The van der Waals surface area contributed by atoms with Crippen LogP contribution in [-0.4, -0.2) is 32.7 Å². The van der Waals surface area contributed by atoms with Gasteiger partial charge < -0.3 is 20.1 Å². The molecule has 0 aromatic heterocycles. The van der Waals surface area contributed by atoms with E-state index in [0.29, 0.717) is 17.2 Å². The molecule has 0 fully saturated rings. The van der Waals surface area contributed by atoms with Crippen LogP contribution in [0, 0.1) is 0 Å². The monoisotopic (exact) mass is 266 g/mol. The van der Waals surface area contributed by atoms with E-state index in [0.717, 1.165) is 13.0 Å². The molecule has 106 valence electrons. The minimum atomic E-state index is -0.254. The lowest BCUT2D eigenvalue weighted by Gasteiger charge is -2.16. The van der Waals surface area contributed by atoms with Gasteiger partial charge in [-0.1, -0.05) is 6.92 Å². The van der Waals surface area contributed by atoms with Crippen molar-refractivity contribution in [2.24, 2.45) is 0 Å². The number of hydrogen-bond donors (Lipinski definition) is 2. The Bertz CT molecular complexity index is 421. The van der Waals surface area contributed by atoms with E-state index in [4.69, 9.17) is 9.47 Å². The van der Waals surface area contributed by atoms with Gasteiger partial charge in [0, 0.05) is 6.07 Å². The Kier molecular flexibility index (Phi) is 6.15. The molecule has 0 heterocycles. The standard InChI is InChI=1S/C14H22N2O3/c1-5-8-15-10(2)14(17)16-12-9-11(18-3)6-7-13(12)19-4/h6-7,9-10,15H,5,8H2,1-4H3,(H,16,17). The number of anilines is 1. The van der Waals surface area contributed by atoms with Crippen molar-refractivity contribution in [3.05, 3.63) is 18.2 Å². The summed E-state index contributed by atoms with van der Waals surface area (Å²) < 4.78 is 10.4. The molecule has 0 aliphatic heterocycles. The van der Waals surface area contributed by atoms with Gasteiger partial charge in [0.1, 0.15) is 11.5 Å². The van der Waals surface area contributed by atoms with Crippen molar-refractivity contribution >= 4 is 11.6 Å². The first-order valence-corrected chi connectivity index (χ1v) is 6.38. The molecule has 5 heteroatoms. The maximum absolute atomic E-state index is 12.0. The fraction of sp³-hybridized carbons (Fsp3) is 0.500. The average Bonchev–Trinajstić information content (AvgIpc) is 2.44. The van der Waals surface area contributed by atoms with Crippen LogP contribution >= 0.6 is 0 Å². The van der Waals surface area contributed by atoms with Crippen LogP contribution in [0.1, 0.15) is 20.3 Å². The predicted octanol–water partition coefficient (Wildman–Crippen LogP) is 2.03. The molecule has 0 aliphatic carbocycles. The zero-order chi connectivity index (χ0) is 14.3. The fourth-order valence-corrected chi connectivity index (χ4v) is 1.61. The number of nitrogens with one attached hydrogen (secondary N) is 2. The zero-order valence-corrected chi connectivity index (χ0v) is 11.9. The Labute approximate surface area is 114 Å². The third-order valence-electron chi connectivity index (χ3n) is 2.76. The van der Waals surface area contributed by atoms with E-state index in [-0.39, 0.29) is 11.9 Å². The topological polar surface area (TPSA) is 59.6 Å². The minimum Gasteiger partial charge on any atom is -0.497 e. The Hall–Kier alpha value is -1.75. The van der Waals surface area contributed by atoms with Crippen molar-refractivity contribution in [1.29, 1.82) is 0 Å². The molecule has 0 aliphatic rings. The summed E-state index contributed by atoms with van der Waals surface area (Å²) in [6.45, 7) is 4.70. The summed E-state index contributed by atoms with van der Waals surface area (Å²) in [7, 11) is 3.15. The highest BCUT2D eigenvalue weighted by Gasteiger charge is 2.14. The highest BCUT2D eigenvalue weighted by molar-refractivity contribution is 5.96. The van der Waals surface area contributed by atoms with Gasteiger partial charge in [-0.15, -0.1) is 0 Å². The molecule has 0 bridgehead atoms. The van der Waals surface area contributed by atoms with Crippen molar-refractivity contribution in [3.8, 4) is 11.5 Å². The van der Waals surface area contributed by atoms with E-state index in [1.165, 1.54) is 0 Å². The molecular formula is C14H22N2O3. The van der Waals surface area contributed by atoms with Crippen molar-refractivity contribution < 1.29 is 14.3 Å². The maximum Gasteiger partial charge on any atom is 0.241 e. The number of amides is 1. The number of carbonyl (C=O) groups is 1. The molecule has 2 N–H and O–H groups in total. The summed E-state index contributed by atoms with van der Waals surface area (Å²) >= 11 is 0. The molecule has 0 radical (unpaired) electrons. The van der Waals surface area contributed by atoms with E-state index >= 15 is 0 Å². The lowest BCUT2D eigenvalue weighted by Crippen LogP contribution is -2.38. The van der Waals surface area contributed by atoms with E-state index < -0.39 is 0 Å². The molecule has 0 saturated carbocycles. The van der Waals surface area contributed by atoms with Crippen molar-refractivity contribution in [1.82, 2.24) is 5.32 Å². The Balaban J connectivity index is 2.76. The van der Waals surface area contributed by atoms with Crippen LogP contribution in [0.15, 0.2) is 18.2 Å². The Morgan fingerprint density at radius 2 is 2.05 bits per heavy atom. The number of methoxy groups -OCH3 is 2. The maximum atomic E-state index is 12.0. The van der Waals surface area contributed by atoms with E-state index in [1.807, 2.05) is 6.92 Å². The Morgan fingerprint density at radius 1 is 1.32 bits per heavy atom. The summed E-state index contributed by atoms with van der Waals surface area (Å²) in [4.78, 5) is 12.0. The lowest BCUT2D eigenvalue weighted by atomic mass is 10.2. The first kappa shape index (κ1) is 15.3. The Morgan fingerprint density at radius 3 is 2.63 bits per heavy atom. The van der Waals surface area contributed by atoms with Crippen LogP contribution in [0.4, 0.5) is 5.69 Å². The summed E-state index contributed by atoms with van der Waals surface area (Å²) in [6, 6.07) is 5.03. The van der Waals surface area contributed by atoms with Crippen LogP contribution in [0.3, 0.4) is 0 Å². The van der Waals surface area contributed by atoms with Crippen LogP contribution in [-0.2, 0) is 4.79 Å². The molecule has 0 saturated heterocycles. The van der Waals surface area contributed by atoms with E-state index in [9.17, 15) is 4.79 Å². The molecule has 1 atom stereocenters. The van der Waals surface area contributed by atoms with Gasteiger partial charge in [-0.05, 0) is 32.0 Å². The van der Waals surface area contributed by atoms with Crippen LogP contribution in [0.25, 0.3) is 0 Å². The zero-order valence-electron chi connectivity index (χ0n) is 11.9. The van der Waals surface area contributed by atoms with Crippen molar-refractivity contribution in [2.45, 2.75) is 26.3 Å². The van der Waals surface area contributed by atoms with Gasteiger partial charge in [-0.25, -0.2) is 0 Å². The molecule has 1 rings (SSSR count). The number of rotatable bonds is 7. The number of benzene rings is 1. The SMILES string of the molecule is CCCNC(C)C(=O)Nc1cc(OC)ccc1OC. The van der Waals surface area contributed by atoms with Gasteiger partial charge in [-0.3, -0.25) is 4.79 Å². The van der Waals surface area contributed by atoms with E-state index in [1.54, 1.807) is 32.4 Å². The normalized spacial score (nSPS) is 11.8. The summed E-state index contributed by atoms with van der Waals surface area (Å²) in [6.07, 6.45) is 0.986. The molecule has 5 nitrogen and oxygen atoms in total. The van der Waals surface area contributed by atoms with Crippen LogP contribution in [0.5, 0.6) is 11.5 Å². The lowest BCUT2D eigenvalue weighted by molar-refractivity contribution is -0.117. The van der Waals surface area contributed by atoms with Gasteiger partial charge in [0.15, 0.2) is 0 Å². The quantitative estimate of drug-likeness (QED) is 0.793. The minimum absolute atomic E-state index is 0.0972. The van der Waals surface area contributed by atoms with Crippen molar-refractivity contribution in [2.75, 3.05) is 26.1 Å². The van der Waals surface area contributed by atoms with Gasteiger partial charge in [-0.2, -0.15) is 0 Å². The highest BCUT2D eigenvalue weighted by atomic mass is 16.5. The second-order valence-corrected chi connectivity index (χ2v) is 4.23. The van der Waals surface area contributed by atoms with Gasteiger partial charge >= 0.3 is 0 Å². The number of carbonyl (C=O) groups excluding carboxylic acids is 1. The van der Waals surface area contributed by atoms with E-state index in [2.05, 4.69) is 17.6 Å². The number of hydrogen-bond acceptors (Lipinski definition) is 4. The van der Waals surface area contributed by atoms with Crippen LogP contribution in [0.2, 0.25) is 0 Å². The summed E-state index contributed by atoms with van der Waals surface area (Å²) in [5.41, 5.74) is 0.608. The molecule has 1 amide bonds. The smallest absolute Gasteiger partial charge is 0.241 e. The summed E-state index contributed by atoms with van der Waals surface area (Å²) in [5, 5.41) is 5.97. The summed E-state index contributed by atoms with van der Waals surface area (Å²) in [5.74, 6) is 1.18. The molecule has 19 heavy (non-hydrogen) atoms. The predicted molar refractivity (Wildman–Crippen MR) is 75.9 cm³/mol. The highest BCUT2D eigenvalue weighted by Crippen LogP contribution is 2.28. The van der Waals surface area contributed by atoms with Gasteiger partial charge in [0.2, 0.25) is 5.91 Å². The van der Waals surface area contributed by atoms with Crippen LogP contribution < -0.4 is 20.1 Å². The third-order valence-corrected chi connectivity index (χ3v) is 2.76. The molecule has 1 aromatic rings. The number of ether oxygens (including phenoxy) is 2.